The summed E-state index contributed by atoms with van der Waals surface area (Å²) in [5.74, 6) is 3.29. The first-order chi connectivity index (χ1) is 15.5. The Bertz CT molecular complexity index is 1160. The van der Waals surface area contributed by atoms with Gasteiger partial charge in [-0.2, -0.15) is 0 Å². The maximum Gasteiger partial charge on any atom is 0.231 e. The van der Waals surface area contributed by atoms with Gasteiger partial charge in [-0.1, -0.05) is 0 Å². The minimum absolute atomic E-state index is 0.0643. The van der Waals surface area contributed by atoms with Crippen molar-refractivity contribution >= 4 is 33.5 Å². The Morgan fingerprint density at radius 3 is 2.97 bits per heavy atom. The van der Waals surface area contributed by atoms with E-state index >= 15 is 0 Å². The molecule has 5 heterocycles. The number of nitrogen functional groups attached to an aromatic ring is 1. The van der Waals surface area contributed by atoms with Crippen LogP contribution in [-0.4, -0.2) is 38.0 Å². The maximum atomic E-state index is 6.17. The monoisotopic (exact) mass is 517 g/mol. The highest BCUT2D eigenvalue weighted by molar-refractivity contribution is 9.10. The number of benzene rings is 1. The standard InChI is InChI=1S/C22H24BrN5O3S/c1-22-4-2-13(31-22)6-12(9-22)3-5-28-10-25-19(24)18-20(28)27-21(26-18)32-17-8-16-15(7-14(17)23)29-11-30-16/h7-8,10,12-13H,2-6,9,11,24H2,1H3. The van der Waals surface area contributed by atoms with E-state index in [0.717, 1.165) is 52.5 Å². The minimum atomic E-state index is 0.0643. The van der Waals surface area contributed by atoms with E-state index in [1.165, 1.54) is 24.6 Å². The van der Waals surface area contributed by atoms with Crippen molar-refractivity contribution in [3.05, 3.63) is 22.9 Å². The van der Waals surface area contributed by atoms with Gasteiger partial charge in [-0.25, -0.2) is 15.0 Å². The number of hydrogen-bond donors (Lipinski definition) is 1. The van der Waals surface area contributed by atoms with Gasteiger partial charge < -0.3 is 24.5 Å². The molecule has 2 fully saturated rings. The molecule has 32 heavy (non-hydrogen) atoms. The highest BCUT2D eigenvalue weighted by atomic mass is 79.9. The molecular weight excluding hydrogens is 494 g/mol. The summed E-state index contributed by atoms with van der Waals surface area (Å²) in [6.45, 7) is 3.34. The summed E-state index contributed by atoms with van der Waals surface area (Å²) in [6.07, 6.45) is 7.93. The number of aryl methyl sites for hydroxylation is 1. The number of rotatable bonds is 5. The number of hydrogen-bond acceptors (Lipinski definition) is 8. The van der Waals surface area contributed by atoms with Crippen molar-refractivity contribution in [1.29, 1.82) is 0 Å². The highest BCUT2D eigenvalue weighted by Crippen LogP contribution is 2.45. The van der Waals surface area contributed by atoms with Crippen LogP contribution in [0.1, 0.15) is 39.0 Å². The van der Waals surface area contributed by atoms with Gasteiger partial charge in [-0.15, -0.1) is 0 Å². The lowest BCUT2D eigenvalue weighted by Gasteiger charge is -2.35. The molecular formula is C22H24BrN5O3S. The van der Waals surface area contributed by atoms with Crippen LogP contribution in [0.3, 0.4) is 0 Å². The van der Waals surface area contributed by atoms with Crippen molar-refractivity contribution in [2.24, 2.45) is 5.92 Å². The fourth-order valence-corrected chi connectivity index (χ4v) is 6.48. The Kier molecular flexibility index (Phi) is 5.00. The normalized spacial score (nSPS) is 26.2. The number of imidazole rings is 1. The van der Waals surface area contributed by atoms with Crippen LogP contribution in [0, 0.1) is 5.92 Å². The molecule has 2 bridgehead atoms. The van der Waals surface area contributed by atoms with Crippen molar-refractivity contribution in [2.45, 2.75) is 67.3 Å². The molecule has 1 aromatic rings. The van der Waals surface area contributed by atoms with Gasteiger partial charge in [0, 0.05) is 15.9 Å². The molecule has 10 heteroatoms. The molecule has 0 amide bonds. The first-order valence-electron chi connectivity index (χ1n) is 10.9. The molecule has 1 aromatic carbocycles. The van der Waals surface area contributed by atoms with Crippen molar-refractivity contribution in [2.75, 3.05) is 12.5 Å². The molecule has 6 rings (SSSR count). The van der Waals surface area contributed by atoms with E-state index in [1.54, 1.807) is 6.33 Å². The third-order valence-electron chi connectivity index (χ3n) is 6.64. The summed E-state index contributed by atoms with van der Waals surface area (Å²) in [5.41, 5.74) is 6.85. The van der Waals surface area contributed by atoms with Gasteiger partial charge in [0.1, 0.15) is 0 Å². The quantitative estimate of drug-likeness (QED) is 0.518. The van der Waals surface area contributed by atoms with Crippen LogP contribution >= 0.6 is 27.7 Å². The third kappa shape index (κ3) is 3.72. The SMILES string of the molecule is CC12CCC(CC(CCn3cnc(N)c4nc(Sc5cc6c(cc5Br)OCO6)nc3-4)C1)O2. The Morgan fingerprint density at radius 2 is 2.12 bits per heavy atom. The minimum Gasteiger partial charge on any atom is -0.454 e. The molecule has 2 N–H and O–H groups in total. The third-order valence-corrected chi connectivity index (χ3v) is 8.48. The van der Waals surface area contributed by atoms with E-state index in [1.807, 2.05) is 12.1 Å². The zero-order valence-corrected chi connectivity index (χ0v) is 20.1. The van der Waals surface area contributed by atoms with Crippen molar-refractivity contribution in [1.82, 2.24) is 19.5 Å². The Hall–Kier alpha value is -2.04. The molecule has 0 aromatic heterocycles. The molecule has 0 saturated carbocycles. The smallest absolute Gasteiger partial charge is 0.231 e. The molecule has 3 unspecified atom stereocenters. The van der Waals surface area contributed by atoms with E-state index in [2.05, 4.69) is 37.4 Å². The van der Waals surface area contributed by atoms with Crippen molar-refractivity contribution in [3.8, 4) is 23.0 Å². The van der Waals surface area contributed by atoms with E-state index in [4.69, 9.17) is 24.9 Å². The van der Waals surface area contributed by atoms with Gasteiger partial charge in [-0.05, 0) is 84.8 Å². The van der Waals surface area contributed by atoms with Gasteiger partial charge in [0.2, 0.25) is 6.79 Å². The van der Waals surface area contributed by atoms with Crippen LogP contribution in [0.4, 0.5) is 5.82 Å². The molecule has 0 aliphatic carbocycles. The Balaban J connectivity index is 1.23. The van der Waals surface area contributed by atoms with Crippen LogP contribution in [0.15, 0.2) is 33.0 Å². The second kappa shape index (κ2) is 7.78. The fourth-order valence-electron chi connectivity index (χ4n) is 5.13. The second-order valence-electron chi connectivity index (χ2n) is 9.06. The molecule has 3 atom stereocenters. The number of fused-ring (bicyclic) bond motifs is 4. The number of halogens is 1. The van der Waals surface area contributed by atoms with Crippen LogP contribution in [0.5, 0.6) is 11.5 Å². The summed E-state index contributed by atoms with van der Waals surface area (Å²) in [6, 6.07) is 3.85. The summed E-state index contributed by atoms with van der Waals surface area (Å²) in [5, 5.41) is 0.629. The zero-order valence-electron chi connectivity index (χ0n) is 17.7. The molecule has 168 valence electrons. The maximum absolute atomic E-state index is 6.17. The predicted octanol–water partition coefficient (Wildman–Crippen LogP) is 4.74. The average molecular weight is 518 g/mol. The number of ether oxygens (including phenoxy) is 3. The van der Waals surface area contributed by atoms with Crippen LogP contribution in [0.25, 0.3) is 11.5 Å². The molecule has 5 aliphatic heterocycles. The zero-order chi connectivity index (χ0) is 21.9. The van der Waals surface area contributed by atoms with Gasteiger partial charge in [0.25, 0.3) is 0 Å². The van der Waals surface area contributed by atoms with Crippen LogP contribution in [-0.2, 0) is 11.3 Å². The lowest BCUT2D eigenvalue weighted by atomic mass is 9.86. The summed E-state index contributed by atoms with van der Waals surface area (Å²) in [4.78, 5) is 14.8. The van der Waals surface area contributed by atoms with Crippen LogP contribution in [0.2, 0.25) is 0 Å². The lowest BCUT2D eigenvalue weighted by molar-refractivity contribution is -0.0868. The highest BCUT2D eigenvalue weighted by Gasteiger charge is 2.43. The van der Waals surface area contributed by atoms with E-state index < -0.39 is 0 Å². The van der Waals surface area contributed by atoms with Gasteiger partial charge >= 0.3 is 0 Å². The first-order valence-corrected chi connectivity index (χ1v) is 12.5. The number of nitrogens with zero attached hydrogens (tertiary/aromatic N) is 4. The van der Waals surface area contributed by atoms with Gasteiger partial charge in [-0.3, -0.25) is 0 Å². The van der Waals surface area contributed by atoms with E-state index in [-0.39, 0.29) is 12.4 Å². The van der Waals surface area contributed by atoms with Crippen LogP contribution < -0.4 is 15.2 Å². The van der Waals surface area contributed by atoms with Crippen molar-refractivity contribution in [3.63, 3.8) is 0 Å². The van der Waals surface area contributed by atoms with Gasteiger partial charge in [0.05, 0.1) is 18.0 Å². The molecule has 0 radical (unpaired) electrons. The Morgan fingerprint density at radius 1 is 1.28 bits per heavy atom. The molecule has 5 aliphatic rings. The molecule has 8 nitrogen and oxygen atoms in total. The molecule has 2 saturated heterocycles. The summed E-state index contributed by atoms with van der Waals surface area (Å²) < 4.78 is 20.1. The summed E-state index contributed by atoms with van der Waals surface area (Å²) in [7, 11) is 0. The predicted molar refractivity (Wildman–Crippen MR) is 123 cm³/mol. The van der Waals surface area contributed by atoms with Crippen molar-refractivity contribution < 1.29 is 14.2 Å². The average Bonchev–Trinajstić information content (AvgIpc) is 3.45. The number of nitrogens with two attached hydrogens (primary N) is 1. The number of anilines is 1. The largest absolute Gasteiger partial charge is 0.454 e. The first kappa shape index (κ1) is 20.6. The van der Waals surface area contributed by atoms with Gasteiger partial charge in [0.15, 0.2) is 34.0 Å². The molecule has 0 spiro atoms. The fraction of sp³-hybridized carbons (Fsp3) is 0.500. The number of aromatic nitrogens is 4. The lowest BCUT2D eigenvalue weighted by Crippen LogP contribution is -2.34. The Labute approximate surface area is 198 Å². The van der Waals surface area contributed by atoms with E-state index in [9.17, 15) is 0 Å². The second-order valence-corrected chi connectivity index (χ2v) is 10.9. The summed E-state index contributed by atoms with van der Waals surface area (Å²) >= 11 is 5.06. The van der Waals surface area contributed by atoms with E-state index in [0.29, 0.717) is 28.7 Å². The topological polar surface area (TPSA) is 97.3 Å².